The summed E-state index contributed by atoms with van der Waals surface area (Å²) in [6.07, 6.45) is 3.45. The number of allylic oxidation sites excluding steroid dienone is 1. The second-order valence-corrected chi connectivity index (χ2v) is 9.77. The summed E-state index contributed by atoms with van der Waals surface area (Å²) >= 11 is 1.48. The Balaban J connectivity index is 1.61. The maximum Gasteiger partial charge on any atom is 0.264 e. The number of fused-ring (bicyclic) bond motifs is 2. The fraction of sp³-hybridized carbons (Fsp3) is 0.474. The van der Waals surface area contributed by atoms with Crippen LogP contribution in [0.3, 0.4) is 0 Å². The van der Waals surface area contributed by atoms with E-state index >= 15 is 0 Å². The van der Waals surface area contributed by atoms with E-state index in [1.54, 1.807) is 0 Å². The molecular formula is C19H21NO5S2. The Bertz CT molecular complexity index is 977. The van der Waals surface area contributed by atoms with E-state index in [2.05, 4.69) is 4.98 Å². The van der Waals surface area contributed by atoms with Gasteiger partial charge in [-0.15, -0.1) is 11.3 Å². The van der Waals surface area contributed by atoms with Crippen LogP contribution in [0.2, 0.25) is 0 Å². The Morgan fingerprint density at radius 1 is 1.30 bits per heavy atom. The van der Waals surface area contributed by atoms with E-state index in [-0.39, 0.29) is 23.7 Å². The van der Waals surface area contributed by atoms with E-state index in [1.807, 2.05) is 31.2 Å². The predicted molar refractivity (Wildman–Crippen MR) is 104 cm³/mol. The predicted octanol–water partition coefficient (Wildman–Crippen LogP) is 3.39. The van der Waals surface area contributed by atoms with Crippen LogP contribution < -0.4 is 0 Å². The van der Waals surface area contributed by atoms with E-state index in [9.17, 15) is 13.2 Å². The topological polar surface area (TPSA) is 82.6 Å². The number of rotatable bonds is 4. The molecule has 0 N–H and O–H groups in total. The van der Waals surface area contributed by atoms with Crippen LogP contribution in [0.25, 0.3) is 15.8 Å². The van der Waals surface area contributed by atoms with Crippen LogP contribution in [0.5, 0.6) is 0 Å². The Kier molecular flexibility index (Phi) is 4.82. The van der Waals surface area contributed by atoms with Gasteiger partial charge in [-0.05, 0) is 24.5 Å². The monoisotopic (exact) mass is 407 g/mol. The highest BCUT2D eigenvalue weighted by Gasteiger charge is 2.45. The zero-order valence-corrected chi connectivity index (χ0v) is 16.8. The third kappa shape index (κ3) is 3.66. The molecule has 0 amide bonds. The maximum atomic E-state index is 13.1. The van der Waals surface area contributed by atoms with Gasteiger partial charge < -0.3 is 4.74 Å². The summed E-state index contributed by atoms with van der Waals surface area (Å²) in [5, 5.41) is 0.669. The van der Waals surface area contributed by atoms with E-state index in [0.717, 1.165) is 22.9 Å². The van der Waals surface area contributed by atoms with Crippen molar-refractivity contribution in [2.75, 3.05) is 6.26 Å². The second kappa shape index (κ2) is 7.00. The van der Waals surface area contributed by atoms with Gasteiger partial charge in [-0.3, -0.25) is 8.98 Å². The third-order valence-corrected chi connectivity index (χ3v) is 6.97. The molecule has 27 heavy (non-hydrogen) atoms. The standard InChI is InChI=1S/C19H21NO5S2/c1-3-11-8-12-16(9-15(11)25-27(2,22)23)24-10-13(18(12)21)19-20-14-6-4-5-7-17(14)26-19/h4-7,10-12,15-16H,3,8-9H2,1-2H3. The summed E-state index contributed by atoms with van der Waals surface area (Å²) in [6.45, 7) is 1.99. The summed E-state index contributed by atoms with van der Waals surface area (Å²) in [5.41, 5.74) is 1.37. The van der Waals surface area contributed by atoms with E-state index < -0.39 is 16.2 Å². The van der Waals surface area contributed by atoms with Crippen molar-refractivity contribution < 1.29 is 22.1 Å². The van der Waals surface area contributed by atoms with Gasteiger partial charge in [0.25, 0.3) is 10.1 Å². The number of carbonyl (C=O) groups is 1. The van der Waals surface area contributed by atoms with E-state index in [4.69, 9.17) is 8.92 Å². The molecule has 4 unspecified atom stereocenters. The number of carbonyl (C=O) groups excluding carboxylic acids is 1. The molecule has 1 saturated carbocycles. The third-order valence-electron chi connectivity index (χ3n) is 5.31. The molecule has 4 atom stereocenters. The zero-order chi connectivity index (χ0) is 19.2. The van der Waals surface area contributed by atoms with Crippen LogP contribution in [0.1, 0.15) is 31.2 Å². The van der Waals surface area contributed by atoms with Crippen LogP contribution in [0, 0.1) is 11.8 Å². The average molecular weight is 408 g/mol. The number of Topliss-reactive ketones (excluding diaryl/α,β-unsaturated/α-hetero) is 1. The summed E-state index contributed by atoms with van der Waals surface area (Å²) in [6, 6.07) is 7.77. The molecule has 1 aromatic carbocycles. The Hall–Kier alpha value is -1.77. The molecule has 0 saturated heterocycles. The summed E-state index contributed by atoms with van der Waals surface area (Å²) < 4.78 is 35.3. The second-order valence-electron chi connectivity index (χ2n) is 7.14. The summed E-state index contributed by atoms with van der Waals surface area (Å²) in [7, 11) is -3.55. The fourth-order valence-electron chi connectivity index (χ4n) is 3.97. The molecule has 2 heterocycles. The number of para-hydroxylation sites is 1. The van der Waals surface area contributed by atoms with Gasteiger partial charge in [0.05, 0.1) is 40.3 Å². The quantitative estimate of drug-likeness (QED) is 0.723. The number of nitrogens with zero attached hydrogens (tertiary/aromatic N) is 1. The molecule has 0 spiro atoms. The summed E-state index contributed by atoms with van der Waals surface area (Å²) in [4.78, 5) is 17.7. The minimum absolute atomic E-state index is 0.00300. The molecule has 1 aromatic heterocycles. The van der Waals surface area contributed by atoms with Crippen LogP contribution in [0.4, 0.5) is 0 Å². The number of benzene rings is 1. The van der Waals surface area contributed by atoms with Crippen LogP contribution in [-0.4, -0.2) is 37.6 Å². The number of hydrogen-bond acceptors (Lipinski definition) is 7. The largest absolute Gasteiger partial charge is 0.496 e. The zero-order valence-electron chi connectivity index (χ0n) is 15.1. The lowest BCUT2D eigenvalue weighted by Crippen LogP contribution is -2.46. The SMILES string of the molecule is CCC1CC2C(=O)C(c3nc4ccccc4s3)=COC2CC1OS(C)(=O)=O. The van der Waals surface area contributed by atoms with Gasteiger partial charge in [0.1, 0.15) is 11.1 Å². The molecule has 0 bridgehead atoms. The lowest BCUT2D eigenvalue weighted by atomic mass is 9.73. The highest BCUT2D eigenvalue weighted by molar-refractivity contribution is 7.86. The molecule has 6 nitrogen and oxygen atoms in total. The number of ether oxygens (including phenoxy) is 1. The van der Waals surface area contributed by atoms with Gasteiger partial charge in [0, 0.05) is 6.42 Å². The van der Waals surface area contributed by atoms with Crippen molar-refractivity contribution in [1.29, 1.82) is 0 Å². The Labute approximate surface area is 162 Å². The first kappa shape index (κ1) is 18.6. The van der Waals surface area contributed by atoms with Gasteiger partial charge in [-0.1, -0.05) is 25.5 Å². The Morgan fingerprint density at radius 2 is 2.07 bits per heavy atom. The molecule has 1 aliphatic carbocycles. The van der Waals surface area contributed by atoms with Crippen LogP contribution >= 0.6 is 11.3 Å². The van der Waals surface area contributed by atoms with Crippen molar-refractivity contribution in [3.8, 4) is 0 Å². The number of aromatic nitrogens is 1. The lowest BCUT2D eigenvalue weighted by Gasteiger charge is -2.41. The summed E-state index contributed by atoms with van der Waals surface area (Å²) in [5.74, 6) is -0.258. The van der Waals surface area contributed by atoms with E-state index in [0.29, 0.717) is 23.4 Å². The van der Waals surface area contributed by atoms with Crippen molar-refractivity contribution >= 4 is 43.0 Å². The molecule has 4 rings (SSSR count). The van der Waals surface area contributed by atoms with Crippen LogP contribution in [0.15, 0.2) is 30.5 Å². The first-order valence-electron chi connectivity index (χ1n) is 8.99. The Morgan fingerprint density at radius 3 is 2.78 bits per heavy atom. The number of ketones is 1. The smallest absolute Gasteiger partial charge is 0.264 e. The number of thiazole rings is 1. The first-order valence-corrected chi connectivity index (χ1v) is 11.6. The molecule has 8 heteroatoms. The molecule has 0 radical (unpaired) electrons. The van der Waals surface area contributed by atoms with Crippen molar-refractivity contribution in [2.24, 2.45) is 11.8 Å². The van der Waals surface area contributed by atoms with Gasteiger partial charge in [-0.2, -0.15) is 8.42 Å². The normalized spacial score (nSPS) is 28.5. The van der Waals surface area contributed by atoms with Gasteiger partial charge >= 0.3 is 0 Å². The molecule has 2 aromatic rings. The molecule has 144 valence electrons. The first-order chi connectivity index (χ1) is 12.9. The fourth-order valence-corrected chi connectivity index (χ4v) is 5.63. The maximum absolute atomic E-state index is 13.1. The molecular weight excluding hydrogens is 386 g/mol. The van der Waals surface area contributed by atoms with Gasteiger partial charge in [-0.25, -0.2) is 4.98 Å². The van der Waals surface area contributed by atoms with Gasteiger partial charge in [0.15, 0.2) is 5.78 Å². The van der Waals surface area contributed by atoms with Crippen molar-refractivity contribution in [3.05, 3.63) is 35.5 Å². The van der Waals surface area contributed by atoms with Gasteiger partial charge in [0.2, 0.25) is 0 Å². The minimum atomic E-state index is -3.55. The minimum Gasteiger partial charge on any atom is -0.496 e. The van der Waals surface area contributed by atoms with Crippen molar-refractivity contribution in [3.63, 3.8) is 0 Å². The highest BCUT2D eigenvalue weighted by Crippen LogP contribution is 2.42. The average Bonchev–Trinajstić information content (AvgIpc) is 3.04. The van der Waals surface area contributed by atoms with Crippen molar-refractivity contribution in [2.45, 2.75) is 38.4 Å². The molecule has 1 fully saturated rings. The molecule has 1 aliphatic heterocycles. The van der Waals surface area contributed by atoms with Crippen molar-refractivity contribution in [1.82, 2.24) is 4.98 Å². The molecule has 2 aliphatic rings. The highest BCUT2D eigenvalue weighted by atomic mass is 32.2. The lowest BCUT2D eigenvalue weighted by molar-refractivity contribution is -0.128. The van der Waals surface area contributed by atoms with E-state index in [1.165, 1.54) is 17.6 Å². The number of hydrogen-bond donors (Lipinski definition) is 0. The van der Waals surface area contributed by atoms with Crippen LogP contribution in [-0.2, 0) is 23.8 Å².